The molecule has 0 spiro atoms. The first-order chi connectivity index (χ1) is 23.8. The molecule has 0 amide bonds. The molecule has 0 radical (unpaired) electrons. The second-order valence-electron chi connectivity index (χ2n) is 11.3. The van der Waals surface area contributed by atoms with E-state index in [4.69, 9.17) is 27.9 Å². The number of ether oxygens (including phenoxy) is 3. The van der Waals surface area contributed by atoms with Crippen molar-refractivity contribution in [1.29, 1.82) is 0 Å². The summed E-state index contributed by atoms with van der Waals surface area (Å²) in [5, 5.41) is 0. The second kappa shape index (κ2) is 15.6. The Morgan fingerprint density at radius 2 is 0.562 bits per heavy atom. The molecule has 0 aliphatic carbocycles. The van der Waals surface area contributed by atoms with Gasteiger partial charge in [0.1, 0.15) is 37.1 Å². The molecule has 6 aromatic carbocycles. The molecule has 0 atom stereocenters. The fraction of sp³-hybridized carbons (Fsp3) is 0.0769. The third kappa shape index (κ3) is 7.84. The van der Waals surface area contributed by atoms with Crippen LogP contribution < -0.4 is 30.6 Å². The fourth-order valence-corrected chi connectivity index (χ4v) is 5.50. The molecule has 1 aliphatic rings. The molecule has 1 fully saturated rings. The molecule has 1 heterocycles. The summed E-state index contributed by atoms with van der Waals surface area (Å²) >= 11 is 0. The van der Waals surface area contributed by atoms with Gasteiger partial charge in [-0.2, -0.15) is 0 Å². The third-order valence-corrected chi connectivity index (χ3v) is 7.97. The Bertz CT molecular complexity index is 1670. The zero-order valence-electron chi connectivity index (χ0n) is 26.4. The zero-order valence-corrected chi connectivity index (χ0v) is 26.4. The third-order valence-electron chi connectivity index (χ3n) is 7.97. The summed E-state index contributed by atoms with van der Waals surface area (Å²) < 4.78 is 38.9. The van der Waals surface area contributed by atoms with Crippen molar-refractivity contribution in [3.63, 3.8) is 0 Å². The maximum atomic E-state index is 6.62. The van der Waals surface area contributed by atoms with Gasteiger partial charge in [-0.25, -0.2) is 0 Å². The minimum absolute atomic E-state index is 0.403. The number of para-hydroxylation sites is 3. The molecule has 1 aliphatic heterocycles. The van der Waals surface area contributed by atoms with E-state index in [0.29, 0.717) is 37.1 Å². The Morgan fingerprint density at radius 1 is 0.312 bits per heavy atom. The van der Waals surface area contributed by atoms with Gasteiger partial charge < -0.3 is 27.9 Å². The molecule has 1 saturated heterocycles. The van der Waals surface area contributed by atoms with E-state index in [1.807, 2.05) is 164 Å². The molecule has 0 bridgehead atoms. The predicted octanol–water partition coefficient (Wildman–Crippen LogP) is 5.97. The van der Waals surface area contributed by atoms with E-state index < -0.39 is 21.4 Å². The van der Waals surface area contributed by atoms with Crippen molar-refractivity contribution in [3.8, 4) is 17.2 Å². The van der Waals surface area contributed by atoms with Crippen LogP contribution in [0.15, 0.2) is 164 Å². The average molecular weight is 630 g/mol. The Morgan fingerprint density at radius 3 is 0.854 bits per heavy atom. The van der Waals surface area contributed by atoms with Gasteiger partial charge in [0.05, 0.1) is 0 Å². The first-order valence-electron chi connectivity index (χ1n) is 16.0. The highest BCUT2D eigenvalue weighted by Crippen LogP contribution is 2.22. The summed E-state index contributed by atoms with van der Waals surface area (Å²) in [5.74, 6) is 1.98. The summed E-state index contributed by atoms with van der Waals surface area (Å²) in [6.45, 7) is 1.21. The molecule has 6 aromatic rings. The molecule has 6 nitrogen and oxygen atoms in total. The van der Waals surface area contributed by atoms with E-state index in [0.717, 1.165) is 33.1 Å². The molecule has 9 heteroatoms. The Balaban J connectivity index is 1.20. The van der Waals surface area contributed by atoms with Gasteiger partial charge in [0.15, 0.2) is 0 Å². The lowest BCUT2D eigenvalue weighted by atomic mass is 9.61. The molecular weight excluding hydrogens is 597 g/mol. The molecule has 0 unspecified atom stereocenters. The van der Waals surface area contributed by atoms with Crippen LogP contribution in [-0.4, -0.2) is 21.4 Å². The van der Waals surface area contributed by atoms with Crippen molar-refractivity contribution in [3.05, 3.63) is 180 Å². The van der Waals surface area contributed by atoms with Crippen molar-refractivity contribution >= 4 is 37.7 Å². The molecule has 0 aromatic heterocycles. The van der Waals surface area contributed by atoms with Crippen molar-refractivity contribution in [2.24, 2.45) is 0 Å². The highest BCUT2D eigenvalue weighted by atomic mass is 16.7. The fourth-order valence-electron chi connectivity index (χ4n) is 5.50. The molecule has 234 valence electrons. The van der Waals surface area contributed by atoms with E-state index in [9.17, 15) is 0 Å². The first kappa shape index (κ1) is 31.4. The van der Waals surface area contributed by atoms with Gasteiger partial charge in [-0.05, 0) is 34.9 Å². The Kier molecular flexibility index (Phi) is 10.2. The molecule has 0 N–H and O–H groups in total. The summed E-state index contributed by atoms with van der Waals surface area (Å²) in [6.07, 6.45) is 0. The van der Waals surface area contributed by atoms with Crippen LogP contribution in [0.1, 0.15) is 16.7 Å². The highest BCUT2D eigenvalue weighted by molar-refractivity contribution is 6.88. The van der Waals surface area contributed by atoms with Crippen LogP contribution in [0.25, 0.3) is 0 Å². The van der Waals surface area contributed by atoms with Crippen LogP contribution >= 0.6 is 0 Å². The standard InChI is InChI=1S/C39H33B3O6/c1-4-16-31(17-5-1)28-43-37-25-13-10-22-34(37)40-46-41(35-23-11-14-26-38(35)44-29-32-18-6-2-7-19-32)48-42(47-40)36-24-12-15-27-39(36)45-30-33-20-8-3-9-21-33/h1-27H,28-30H2. The van der Waals surface area contributed by atoms with E-state index in [2.05, 4.69) is 0 Å². The maximum absolute atomic E-state index is 6.62. The van der Waals surface area contributed by atoms with E-state index in [1.165, 1.54) is 0 Å². The van der Waals surface area contributed by atoms with E-state index in [-0.39, 0.29) is 0 Å². The van der Waals surface area contributed by atoms with Gasteiger partial charge in [-0.1, -0.05) is 146 Å². The monoisotopic (exact) mass is 630 g/mol. The number of hydrogen-bond donors (Lipinski definition) is 0. The summed E-state index contributed by atoms with van der Waals surface area (Å²) in [4.78, 5) is 0. The molecule has 0 saturated carbocycles. The maximum Gasteiger partial charge on any atom is 0.470 e. The summed E-state index contributed by atoms with van der Waals surface area (Å²) in [6, 6.07) is 53.5. The van der Waals surface area contributed by atoms with Crippen LogP contribution in [-0.2, 0) is 33.5 Å². The lowest BCUT2D eigenvalue weighted by Gasteiger charge is -2.33. The topological polar surface area (TPSA) is 55.4 Å². The van der Waals surface area contributed by atoms with Gasteiger partial charge in [0, 0.05) is 16.4 Å². The van der Waals surface area contributed by atoms with E-state index >= 15 is 0 Å². The second-order valence-corrected chi connectivity index (χ2v) is 11.3. The molecular formula is C39H33B3O6. The van der Waals surface area contributed by atoms with Gasteiger partial charge in [-0.15, -0.1) is 0 Å². The van der Waals surface area contributed by atoms with E-state index in [1.54, 1.807) is 0 Å². The smallest absolute Gasteiger partial charge is 0.470 e. The predicted molar refractivity (Wildman–Crippen MR) is 191 cm³/mol. The first-order valence-corrected chi connectivity index (χ1v) is 16.0. The average Bonchev–Trinajstić information content (AvgIpc) is 3.17. The lowest BCUT2D eigenvalue weighted by molar-refractivity contribution is 0.287. The largest absolute Gasteiger partial charge is 0.489 e. The van der Waals surface area contributed by atoms with Gasteiger partial charge >= 0.3 is 21.4 Å². The Hall–Kier alpha value is -5.21. The molecule has 7 rings (SSSR count). The van der Waals surface area contributed by atoms with Crippen LogP contribution in [0.4, 0.5) is 0 Å². The van der Waals surface area contributed by atoms with Gasteiger partial charge in [0.25, 0.3) is 0 Å². The normalized spacial score (nSPS) is 12.9. The summed E-state index contributed by atoms with van der Waals surface area (Å²) in [7, 11) is -2.49. The van der Waals surface area contributed by atoms with Crippen molar-refractivity contribution < 1.29 is 27.9 Å². The number of rotatable bonds is 12. The number of benzene rings is 6. The van der Waals surface area contributed by atoms with Crippen molar-refractivity contribution in [2.75, 3.05) is 0 Å². The number of hydrogen-bond acceptors (Lipinski definition) is 6. The van der Waals surface area contributed by atoms with Gasteiger partial charge in [-0.3, -0.25) is 0 Å². The quantitative estimate of drug-likeness (QED) is 0.156. The van der Waals surface area contributed by atoms with Crippen LogP contribution in [0.5, 0.6) is 17.2 Å². The van der Waals surface area contributed by atoms with Crippen LogP contribution in [0.3, 0.4) is 0 Å². The Labute approximate surface area is 282 Å². The SMILES string of the molecule is c1ccc(COc2ccccc2B2OB(c3ccccc3OCc3ccccc3)OB(c3ccccc3OCc3ccccc3)O2)cc1. The minimum Gasteiger partial charge on any atom is -0.489 e. The van der Waals surface area contributed by atoms with Crippen LogP contribution in [0.2, 0.25) is 0 Å². The lowest BCUT2D eigenvalue weighted by Crippen LogP contribution is -2.61. The summed E-state index contributed by atoms with van der Waals surface area (Å²) in [5.41, 5.74) is 5.42. The van der Waals surface area contributed by atoms with Gasteiger partial charge in [0.2, 0.25) is 0 Å². The van der Waals surface area contributed by atoms with Crippen LogP contribution in [0, 0.1) is 0 Å². The zero-order chi connectivity index (χ0) is 32.4. The highest BCUT2D eigenvalue weighted by Gasteiger charge is 2.46. The van der Waals surface area contributed by atoms with Crippen molar-refractivity contribution in [1.82, 2.24) is 0 Å². The molecule has 48 heavy (non-hydrogen) atoms. The van der Waals surface area contributed by atoms with Crippen molar-refractivity contribution in [2.45, 2.75) is 19.8 Å². The minimum atomic E-state index is -0.829.